The van der Waals surface area contributed by atoms with E-state index in [9.17, 15) is 14.4 Å². The number of unbranched alkanes of at least 4 members (excludes halogenated alkanes) is 17. The highest BCUT2D eigenvalue weighted by Gasteiger charge is 2.19. The average Bonchev–Trinajstić information content (AvgIpc) is 3.37. The fourth-order valence-electron chi connectivity index (χ4n) is 7.35. The monoisotopic (exact) mass is 981 g/mol. The summed E-state index contributed by atoms with van der Waals surface area (Å²) < 4.78 is 16.7. The van der Waals surface area contributed by atoms with Crippen LogP contribution >= 0.6 is 0 Å². The molecule has 0 N–H and O–H groups in total. The Bertz CT molecular complexity index is 1550. The van der Waals surface area contributed by atoms with Gasteiger partial charge in [-0.15, -0.1) is 0 Å². The molecule has 0 amide bonds. The van der Waals surface area contributed by atoms with Crippen molar-refractivity contribution in [2.45, 2.75) is 245 Å². The topological polar surface area (TPSA) is 78.9 Å². The van der Waals surface area contributed by atoms with Gasteiger partial charge >= 0.3 is 17.9 Å². The number of carbonyl (C=O) groups is 3. The largest absolute Gasteiger partial charge is 0.462 e. The average molecular weight is 982 g/mol. The van der Waals surface area contributed by atoms with E-state index in [1.807, 2.05) is 0 Å². The Hall–Kier alpha value is -4.45. The third-order valence-electron chi connectivity index (χ3n) is 11.6. The molecule has 0 fully saturated rings. The molecule has 400 valence electrons. The molecule has 0 saturated heterocycles. The summed E-state index contributed by atoms with van der Waals surface area (Å²) in [4.78, 5) is 37.8. The molecule has 6 nitrogen and oxygen atoms in total. The highest BCUT2D eigenvalue weighted by atomic mass is 16.6. The third-order valence-corrected chi connectivity index (χ3v) is 11.6. The zero-order valence-corrected chi connectivity index (χ0v) is 45.7. The van der Waals surface area contributed by atoms with E-state index in [0.717, 1.165) is 122 Å². The summed E-state index contributed by atoms with van der Waals surface area (Å²) in [5, 5.41) is 0. The fourth-order valence-corrected chi connectivity index (χ4v) is 7.35. The van der Waals surface area contributed by atoms with E-state index >= 15 is 0 Å². The van der Waals surface area contributed by atoms with Crippen LogP contribution in [0.1, 0.15) is 239 Å². The molecule has 0 spiro atoms. The molecular weight excluding hydrogens is 877 g/mol. The first-order valence-corrected chi connectivity index (χ1v) is 28.7. The second-order valence-electron chi connectivity index (χ2n) is 18.5. The highest BCUT2D eigenvalue weighted by molar-refractivity contribution is 5.71. The van der Waals surface area contributed by atoms with Gasteiger partial charge < -0.3 is 14.2 Å². The Morgan fingerprint density at radius 2 is 0.563 bits per heavy atom. The molecule has 0 aromatic rings. The van der Waals surface area contributed by atoms with Crippen LogP contribution in [0.4, 0.5) is 0 Å². The van der Waals surface area contributed by atoms with E-state index in [1.54, 1.807) is 0 Å². The summed E-state index contributed by atoms with van der Waals surface area (Å²) in [5.41, 5.74) is 0. The van der Waals surface area contributed by atoms with Gasteiger partial charge in [-0.1, -0.05) is 238 Å². The van der Waals surface area contributed by atoms with Crippen LogP contribution < -0.4 is 0 Å². The number of ether oxygens (including phenoxy) is 3. The lowest BCUT2D eigenvalue weighted by Gasteiger charge is -2.18. The van der Waals surface area contributed by atoms with E-state index in [4.69, 9.17) is 14.2 Å². The molecule has 0 rings (SSSR count). The molecule has 0 radical (unpaired) electrons. The molecule has 0 saturated carbocycles. The van der Waals surface area contributed by atoms with E-state index < -0.39 is 6.10 Å². The molecule has 6 heteroatoms. The zero-order chi connectivity index (χ0) is 51.4. The van der Waals surface area contributed by atoms with Crippen molar-refractivity contribution in [3.63, 3.8) is 0 Å². The predicted octanol–water partition coefficient (Wildman–Crippen LogP) is 19.4. The summed E-state index contributed by atoms with van der Waals surface area (Å²) in [6, 6.07) is 0. The van der Waals surface area contributed by atoms with Crippen LogP contribution in [-0.2, 0) is 28.6 Å². The summed E-state index contributed by atoms with van der Waals surface area (Å²) in [6.45, 7) is 6.35. The maximum Gasteiger partial charge on any atom is 0.306 e. The van der Waals surface area contributed by atoms with Crippen molar-refractivity contribution in [1.29, 1.82) is 0 Å². The molecule has 0 aliphatic carbocycles. The summed E-state index contributed by atoms with van der Waals surface area (Å²) in [7, 11) is 0. The smallest absolute Gasteiger partial charge is 0.306 e. The Balaban J connectivity index is 4.25. The van der Waals surface area contributed by atoms with Crippen molar-refractivity contribution in [2.75, 3.05) is 13.2 Å². The summed E-state index contributed by atoms with van der Waals surface area (Å²) in [6.07, 6.45) is 82.1. The number of carbonyl (C=O) groups excluding carboxylic acids is 3. The van der Waals surface area contributed by atoms with Crippen molar-refractivity contribution >= 4 is 17.9 Å². The van der Waals surface area contributed by atoms with Crippen molar-refractivity contribution in [3.8, 4) is 0 Å². The first-order valence-electron chi connectivity index (χ1n) is 28.7. The molecule has 0 aromatic carbocycles. The maximum absolute atomic E-state index is 12.8. The van der Waals surface area contributed by atoms with E-state index in [-0.39, 0.29) is 37.5 Å². The Labute approximate surface area is 436 Å². The van der Waals surface area contributed by atoms with Crippen LogP contribution in [0.15, 0.2) is 134 Å². The molecule has 0 aliphatic heterocycles. The van der Waals surface area contributed by atoms with Crippen molar-refractivity contribution in [2.24, 2.45) is 0 Å². The molecule has 0 bridgehead atoms. The number of allylic oxidation sites excluding steroid dienone is 22. The minimum atomic E-state index is -0.804. The SMILES string of the molecule is CC/C=C\C/C=C\C/C=C\C/C=C\C/C=C\C/C=C\C/C=C\C/C=C\C/C=C\CCCC(=O)OCC(COC(=O)CCCCCCC)OC(=O)CCCCCCCCCCC/C=C\C/C=C\CCCCC. The van der Waals surface area contributed by atoms with Crippen molar-refractivity contribution in [1.82, 2.24) is 0 Å². The number of hydrogen-bond donors (Lipinski definition) is 0. The fraction of sp³-hybridized carbons (Fsp3) is 0.615. The Morgan fingerprint density at radius 3 is 0.944 bits per heavy atom. The molecule has 1 atom stereocenters. The number of esters is 3. The molecular formula is C65H104O6. The van der Waals surface area contributed by atoms with E-state index in [1.165, 1.54) is 70.6 Å². The zero-order valence-electron chi connectivity index (χ0n) is 45.7. The predicted molar refractivity (Wildman–Crippen MR) is 306 cm³/mol. The van der Waals surface area contributed by atoms with Gasteiger partial charge in [-0.2, -0.15) is 0 Å². The van der Waals surface area contributed by atoms with Gasteiger partial charge in [0.25, 0.3) is 0 Å². The second-order valence-corrected chi connectivity index (χ2v) is 18.5. The van der Waals surface area contributed by atoms with Gasteiger partial charge in [0.2, 0.25) is 0 Å². The van der Waals surface area contributed by atoms with Crippen LogP contribution in [-0.4, -0.2) is 37.2 Å². The summed E-state index contributed by atoms with van der Waals surface area (Å²) >= 11 is 0. The minimum absolute atomic E-state index is 0.102. The standard InChI is InChI=1S/C65H104O6/c1-4-7-10-13-15-17-19-21-23-25-27-28-29-30-31-32-33-34-35-36-38-39-41-43-45-47-49-52-55-58-64(67)70-61-62(60-69-63(66)57-54-51-12-9-6-3)71-65(68)59-56-53-50-48-46-44-42-40-37-26-24-22-20-18-16-14-11-8-5-2/h7,10,15-18,21-24,27-28,30-31,33-34,36,38,41,43,47,49,62H,4-6,8-9,11-14,19-20,25-26,29,32,35,37,39-40,42,44-46,48,50-61H2,1-3H3/b10-7-,17-15-,18-16-,23-21-,24-22-,28-27-,31-30-,34-33-,38-36-,43-41-,49-47-. The number of hydrogen-bond acceptors (Lipinski definition) is 6. The molecule has 0 heterocycles. The van der Waals surface area contributed by atoms with Crippen molar-refractivity contribution < 1.29 is 28.6 Å². The molecule has 71 heavy (non-hydrogen) atoms. The quantitative estimate of drug-likeness (QED) is 0.0262. The maximum atomic E-state index is 12.8. The molecule has 0 aliphatic rings. The van der Waals surface area contributed by atoms with Gasteiger partial charge in [-0.25, -0.2) is 0 Å². The lowest BCUT2D eigenvalue weighted by atomic mass is 10.1. The molecule has 1 unspecified atom stereocenters. The summed E-state index contributed by atoms with van der Waals surface area (Å²) in [5.74, 6) is -0.988. The lowest BCUT2D eigenvalue weighted by Crippen LogP contribution is -2.30. The van der Waals surface area contributed by atoms with Gasteiger partial charge in [0, 0.05) is 19.3 Å². The van der Waals surface area contributed by atoms with Crippen molar-refractivity contribution in [3.05, 3.63) is 134 Å². The first-order chi connectivity index (χ1) is 35.0. The van der Waals surface area contributed by atoms with Crippen LogP contribution in [0.5, 0.6) is 0 Å². The number of rotatable bonds is 50. The first kappa shape index (κ1) is 66.6. The Morgan fingerprint density at radius 1 is 0.296 bits per heavy atom. The highest BCUT2D eigenvalue weighted by Crippen LogP contribution is 2.14. The van der Waals surface area contributed by atoms with Gasteiger partial charge in [-0.3, -0.25) is 14.4 Å². The van der Waals surface area contributed by atoms with Crippen LogP contribution in [0.25, 0.3) is 0 Å². The normalized spacial score (nSPS) is 13.1. The van der Waals surface area contributed by atoms with E-state index in [0.29, 0.717) is 19.3 Å². The van der Waals surface area contributed by atoms with E-state index in [2.05, 4.69) is 154 Å². The molecule has 0 aromatic heterocycles. The van der Waals surface area contributed by atoms with Gasteiger partial charge in [0.05, 0.1) is 0 Å². The third kappa shape index (κ3) is 56.3. The Kier molecular flexibility index (Phi) is 54.5. The second kappa shape index (κ2) is 58.1. The van der Waals surface area contributed by atoms with Crippen LogP contribution in [0.3, 0.4) is 0 Å². The van der Waals surface area contributed by atoms with Gasteiger partial charge in [-0.05, 0) is 116 Å². The lowest BCUT2D eigenvalue weighted by molar-refractivity contribution is -0.167. The van der Waals surface area contributed by atoms with Crippen LogP contribution in [0.2, 0.25) is 0 Å². The van der Waals surface area contributed by atoms with Gasteiger partial charge in [0.15, 0.2) is 6.10 Å². The minimum Gasteiger partial charge on any atom is -0.462 e. The van der Waals surface area contributed by atoms with Crippen LogP contribution in [0, 0.1) is 0 Å². The van der Waals surface area contributed by atoms with Gasteiger partial charge in [0.1, 0.15) is 13.2 Å².